The molecule has 4 saturated carbocycles. The molecular formula is C13H20O3. The van der Waals surface area contributed by atoms with Crippen LogP contribution in [0, 0.1) is 23.2 Å². The summed E-state index contributed by atoms with van der Waals surface area (Å²) in [6.07, 6.45) is 6.69. The average molecular weight is 224 g/mol. The fourth-order valence-electron chi connectivity index (χ4n) is 4.82. The Hall–Kier alpha value is -0.570. The maximum Gasteiger partial charge on any atom is 0.329 e. The van der Waals surface area contributed by atoms with E-state index in [-0.39, 0.29) is 12.7 Å². The van der Waals surface area contributed by atoms with Crippen molar-refractivity contribution in [2.75, 3.05) is 6.61 Å². The van der Waals surface area contributed by atoms with E-state index in [1.54, 1.807) is 0 Å². The molecule has 2 atom stereocenters. The minimum absolute atomic E-state index is 0.112. The number of rotatable bonds is 3. The molecule has 0 spiro atoms. The van der Waals surface area contributed by atoms with Crippen molar-refractivity contribution in [3.05, 3.63) is 0 Å². The van der Waals surface area contributed by atoms with Crippen molar-refractivity contribution < 1.29 is 14.6 Å². The lowest BCUT2D eigenvalue weighted by Crippen LogP contribution is -2.53. The van der Waals surface area contributed by atoms with Gasteiger partial charge in [0.1, 0.15) is 6.61 Å². The fourth-order valence-corrected chi connectivity index (χ4v) is 4.82. The molecule has 0 aromatic heterocycles. The fraction of sp³-hybridized carbons (Fsp3) is 0.923. The first-order chi connectivity index (χ1) is 7.56. The van der Waals surface area contributed by atoms with Gasteiger partial charge in [0.15, 0.2) is 0 Å². The Labute approximate surface area is 96.2 Å². The molecule has 2 unspecified atom stereocenters. The van der Waals surface area contributed by atoms with Crippen molar-refractivity contribution in [2.45, 2.75) is 45.1 Å². The lowest BCUT2D eigenvalue weighted by molar-refractivity contribution is -0.169. The molecule has 16 heavy (non-hydrogen) atoms. The molecule has 0 aliphatic heterocycles. The molecule has 4 rings (SSSR count). The van der Waals surface area contributed by atoms with Crippen LogP contribution in [0.2, 0.25) is 0 Å². The molecule has 0 aromatic carbocycles. The van der Waals surface area contributed by atoms with Crippen LogP contribution in [-0.4, -0.2) is 23.8 Å². The number of ether oxygens (including phenoxy) is 1. The molecule has 0 amide bonds. The number of carboxylic acids is 1. The highest BCUT2D eigenvalue weighted by atomic mass is 16.5. The molecule has 3 nitrogen and oxygen atoms in total. The lowest BCUT2D eigenvalue weighted by Gasteiger charge is -2.58. The summed E-state index contributed by atoms with van der Waals surface area (Å²) in [5.74, 6) is 1.33. The van der Waals surface area contributed by atoms with Gasteiger partial charge in [-0.2, -0.15) is 0 Å². The molecule has 1 N–H and O–H groups in total. The van der Waals surface area contributed by atoms with Gasteiger partial charge in [-0.1, -0.05) is 6.92 Å². The summed E-state index contributed by atoms with van der Waals surface area (Å²) in [5, 5.41) is 8.69. The zero-order valence-electron chi connectivity index (χ0n) is 9.82. The van der Waals surface area contributed by atoms with Gasteiger partial charge in [0.2, 0.25) is 0 Å². The second-order valence-electron chi connectivity index (χ2n) is 6.45. The average Bonchev–Trinajstić information content (AvgIpc) is 2.13. The van der Waals surface area contributed by atoms with Crippen LogP contribution in [0.4, 0.5) is 0 Å². The Morgan fingerprint density at radius 1 is 1.31 bits per heavy atom. The van der Waals surface area contributed by atoms with Crippen LogP contribution in [0.5, 0.6) is 0 Å². The zero-order valence-corrected chi connectivity index (χ0v) is 9.82. The first-order valence-corrected chi connectivity index (χ1v) is 6.39. The topological polar surface area (TPSA) is 46.5 Å². The second kappa shape index (κ2) is 3.46. The van der Waals surface area contributed by atoms with E-state index in [0.717, 1.165) is 5.92 Å². The van der Waals surface area contributed by atoms with Crippen LogP contribution in [-0.2, 0) is 9.53 Å². The van der Waals surface area contributed by atoms with Crippen LogP contribution in [0.1, 0.15) is 39.0 Å². The molecule has 4 bridgehead atoms. The molecule has 90 valence electrons. The number of hydrogen-bond acceptors (Lipinski definition) is 2. The Morgan fingerprint density at radius 3 is 2.44 bits per heavy atom. The van der Waals surface area contributed by atoms with E-state index in [1.807, 2.05) is 0 Å². The van der Waals surface area contributed by atoms with E-state index in [9.17, 15) is 4.79 Å². The summed E-state index contributed by atoms with van der Waals surface area (Å²) in [6, 6.07) is 0. The van der Waals surface area contributed by atoms with Crippen LogP contribution in [0.25, 0.3) is 0 Å². The first-order valence-electron chi connectivity index (χ1n) is 6.39. The van der Waals surface area contributed by atoms with Gasteiger partial charge in [-0.15, -0.1) is 0 Å². The van der Waals surface area contributed by atoms with Crippen LogP contribution in [0.3, 0.4) is 0 Å². The Kier molecular flexibility index (Phi) is 2.29. The van der Waals surface area contributed by atoms with E-state index < -0.39 is 5.97 Å². The summed E-state index contributed by atoms with van der Waals surface area (Å²) < 4.78 is 5.63. The molecule has 3 heteroatoms. The minimum atomic E-state index is -0.833. The molecule has 0 aromatic rings. The van der Waals surface area contributed by atoms with E-state index in [1.165, 1.54) is 32.1 Å². The highest BCUT2D eigenvalue weighted by molar-refractivity contribution is 5.68. The van der Waals surface area contributed by atoms with Gasteiger partial charge in [-0.3, -0.25) is 0 Å². The molecular weight excluding hydrogens is 204 g/mol. The summed E-state index contributed by atoms with van der Waals surface area (Å²) in [6.45, 7) is 2.30. The summed E-state index contributed by atoms with van der Waals surface area (Å²) in [7, 11) is 0. The van der Waals surface area contributed by atoms with Gasteiger partial charge < -0.3 is 9.84 Å². The van der Waals surface area contributed by atoms with Crippen molar-refractivity contribution in [1.29, 1.82) is 0 Å². The standard InChI is InChI=1S/C13H20O3/c1-13-4-8-2-9(5-13)12(10(3-8)6-13)16-7-11(14)15/h8-10,12H,2-7H2,1H3,(H,14,15). The summed E-state index contributed by atoms with van der Waals surface area (Å²) in [4.78, 5) is 10.6. The monoisotopic (exact) mass is 224 g/mol. The van der Waals surface area contributed by atoms with Gasteiger partial charge in [-0.25, -0.2) is 4.79 Å². The SMILES string of the molecule is CC12CC3CC(C1)C(OCC(=O)O)C(C3)C2. The third-order valence-electron chi connectivity index (χ3n) is 4.89. The number of carbonyl (C=O) groups is 1. The van der Waals surface area contributed by atoms with Crippen molar-refractivity contribution in [3.63, 3.8) is 0 Å². The number of aliphatic carboxylic acids is 1. The van der Waals surface area contributed by atoms with Crippen LogP contribution >= 0.6 is 0 Å². The quantitative estimate of drug-likeness (QED) is 0.800. The minimum Gasteiger partial charge on any atom is -0.480 e. The van der Waals surface area contributed by atoms with Crippen molar-refractivity contribution in [3.8, 4) is 0 Å². The highest BCUT2D eigenvalue weighted by Gasteiger charge is 2.53. The smallest absolute Gasteiger partial charge is 0.329 e. The van der Waals surface area contributed by atoms with Gasteiger partial charge in [0.25, 0.3) is 0 Å². The normalized spacial score (nSPS) is 49.6. The van der Waals surface area contributed by atoms with E-state index in [4.69, 9.17) is 9.84 Å². The van der Waals surface area contributed by atoms with Crippen molar-refractivity contribution in [1.82, 2.24) is 0 Å². The summed E-state index contributed by atoms with van der Waals surface area (Å²) in [5.41, 5.74) is 0.541. The number of hydrogen-bond donors (Lipinski definition) is 1. The predicted molar refractivity (Wildman–Crippen MR) is 59.0 cm³/mol. The maximum atomic E-state index is 10.6. The predicted octanol–water partition coefficient (Wildman–Crippen LogP) is 2.30. The van der Waals surface area contributed by atoms with Crippen LogP contribution in [0.15, 0.2) is 0 Å². The Bertz CT molecular complexity index is 296. The largest absolute Gasteiger partial charge is 0.480 e. The molecule has 0 saturated heterocycles. The van der Waals surface area contributed by atoms with E-state index in [2.05, 4.69) is 6.92 Å². The lowest BCUT2D eigenvalue weighted by atomic mass is 9.49. The summed E-state index contributed by atoms with van der Waals surface area (Å²) >= 11 is 0. The van der Waals surface area contributed by atoms with Crippen molar-refractivity contribution in [2.24, 2.45) is 23.2 Å². The third-order valence-corrected chi connectivity index (χ3v) is 4.89. The zero-order chi connectivity index (χ0) is 11.3. The molecule has 4 fully saturated rings. The molecule has 0 heterocycles. The highest BCUT2D eigenvalue weighted by Crippen LogP contribution is 2.60. The molecule has 4 aliphatic carbocycles. The van der Waals surface area contributed by atoms with E-state index in [0.29, 0.717) is 17.3 Å². The molecule has 0 radical (unpaired) electrons. The van der Waals surface area contributed by atoms with Gasteiger partial charge in [-0.05, 0) is 55.3 Å². The second-order valence-corrected chi connectivity index (χ2v) is 6.45. The maximum absolute atomic E-state index is 10.6. The Balaban J connectivity index is 1.71. The van der Waals surface area contributed by atoms with Crippen molar-refractivity contribution >= 4 is 5.97 Å². The van der Waals surface area contributed by atoms with Gasteiger partial charge in [0, 0.05) is 0 Å². The number of carboxylic acid groups (broad SMARTS) is 1. The first kappa shape index (κ1) is 10.6. The van der Waals surface area contributed by atoms with Gasteiger partial charge in [0.05, 0.1) is 6.10 Å². The van der Waals surface area contributed by atoms with Gasteiger partial charge >= 0.3 is 5.97 Å². The molecule has 4 aliphatic rings. The Morgan fingerprint density at radius 2 is 1.94 bits per heavy atom. The third kappa shape index (κ3) is 1.65. The van der Waals surface area contributed by atoms with Crippen LogP contribution < -0.4 is 0 Å². The van der Waals surface area contributed by atoms with E-state index >= 15 is 0 Å².